The van der Waals surface area contributed by atoms with Crippen LogP contribution in [-0.2, 0) is 4.79 Å². The molecule has 1 aliphatic heterocycles. The molecule has 0 spiro atoms. The van der Waals surface area contributed by atoms with Crippen LogP contribution >= 0.6 is 0 Å². The average Bonchev–Trinajstić information content (AvgIpc) is 2.71. The number of aliphatic imine (C=N–C) groups is 1. The normalized spacial score (nSPS) is 21.4. The first-order chi connectivity index (χ1) is 10.9. The summed E-state index contributed by atoms with van der Waals surface area (Å²) in [4.78, 5) is 19.2. The van der Waals surface area contributed by atoms with E-state index in [1.807, 2.05) is 36.6 Å². The molecule has 1 heterocycles. The number of hydrogen-bond donors (Lipinski definition) is 1. The molecule has 1 aliphatic carbocycles. The van der Waals surface area contributed by atoms with Crippen molar-refractivity contribution in [1.82, 2.24) is 0 Å². The van der Waals surface area contributed by atoms with Crippen LogP contribution in [0.5, 0.6) is 0 Å². The van der Waals surface area contributed by atoms with Crippen molar-refractivity contribution in [3.63, 3.8) is 0 Å². The number of anilines is 1. The summed E-state index contributed by atoms with van der Waals surface area (Å²) in [5.41, 5.74) is 9.49. The Morgan fingerprint density at radius 2 is 2.00 bits per heavy atom. The molecule has 0 aromatic heterocycles. The van der Waals surface area contributed by atoms with Crippen molar-refractivity contribution in [2.45, 2.75) is 26.8 Å². The van der Waals surface area contributed by atoms with E-state index < -0.39 is 0 Å². The number of fused-ring (bicyclic) bond motifs is 1. The Labute approximate surface area is 137 Å². The van der Waals surface area contributed by atoms with Gasteiger partial charge in [-0.15, -0.1) is 0 Å². The van der Waals surface area contributed by atoms with Crippen LogP contribution in [0.3, 0.4) is 0 Å². The second-order valence-electron chi connectivity index (χ2n) is 7.07. The molecule has 23 heavy (non-hydrogen) atoms. The number of benzodiazepines with no additional fused rings is 1. The highest BCUT2D eigenvalue weighted by Crippen LogP contribution is 2.33. The lowest BCUT2D eigenvalue weighted by molar-refractivity contribution is -0.116. The number of carbonyl (C=O) groups excluding carboxylic acids is 1. The van der Waals surface area contributed by atoms with Gasteiger partial charge >= 0.3 is 0 Å². The summed E-state index contributed by atoms with van der Waals surface area (Å²) in [6, 6.07) is 7.68. The van der Waals surface area contributed by atoms with Gasteiger partial charge in [-0.2, -0.15) is 0 Å². The van der Waals surface area contributed by atoms with Crippen LogP contribution < -0.4 is 10.6 Å². The molecule has 0 saturated carbocycles. The first kappa shape index (κ1) is 15.5. The van der Waals surface area contributed by atoms with Crippen LogP contribution in [0.25, 0.3) is 0 Å². The number of Topliss-reactive ketones (excluding diaryl/α,β-unsaturated/α-hetero) is 1. The van der Waals surface area contributed by atoms with Crippen molar-refractivity contribution in [1.29, 1.82) is 0 Å². The molecule has 1 aromatic rings. The van der Waals surface area contributed by atoms with Crippen molar-refractivity contribution < 1.29 is 4.79 Å². The van der Waals surface area contributed by atoms with E-state index in [4.69, 9.17) is 5.73 Å². The summed E-state index contributed by atoms with van der Waals surface area (Å²) in [5.74, 6) is -0.0327. The summed E-state index contributed by atoms with van der Waals surface area (Å²) >= 11 is 0. The van der Waals surface area contributed by atoms with Gasteiger partial charge in [0.05, 0.1) is 12.2 Å². The topological polar surface area (TPSA) is 58.7 Å². The number of ketones is 1. The van der Waals surface area contributed by atoms with E-state index in [2.05, 4.69) is 36.7 Å². The van der Waals surface area contributed by atoms with Gasteiger partial charge in [-0.25, -0.2) is 0 Å². The Bertz CT molecular complexity index is 722. The molecule has 0 amide bonds. The maximum Gasteiger partial charge on any atom is 0.204 e. The zero-order valence-corrected chi connectivity index (χ0v) is 13.9. The standard InChI is InChI=1S/C19H23N3O/c1-19(2,3)14-10-15(20)18(23)17(11-14)22-9-8-21-12-13-6-4-5-7-16(13)22/h4-7,10-12,17H,8-9,20H2,1-3H3. The molecule has 0 fully saturated rings. The van der Waals surface area contributed by atoms with Gasteiger partial charge < -0.3 is 10.6 Å². The first-order valence-electron chi connectivity index (χ1n) is 7.97. The van der Waals surface area contributed by atoms with Gasteiger partial charge in [0, 0.05) is 24.0 Å². The largest absolute Gasteiger partial charge is 0.396 e. The molecule has 4 heteroatoms. The first-order valence-corrected chi connectivity index (χ1v) is 7.97. The summed E-state index contributed by atoms with van der Waals surface area (Å²) in [6.45, 7) is 7.77. The predicted molar refractivity (Wildman–Crippen MR) is 94.9 cm³/mol. The van der Waals surface area contributed by atoms with Crippen molar-refractivity contribution >= 4 is 17.7 Å². The Balaban J connectivity index is 2.06. The van der Waals surface area contributed by atoms with E-state index in [0.29, 0.717) is 18.8 Å². The average molecular weight is 309 g/mol. The molecule has 0 saturated heterocycles. The minimum Gasteiger partial charge on any atom is -0.396 e. The summed E-state index contributed by atoms with van der Waals surface area (Å²) in [6.07, 6.45) is 5.76. The van der Waals surface area contributed by atoms with Crippen molar-refractivity contribution in [2.24, 2.45) is 16.1 Å². The fourth-order valence-electron chi connectivity index (χ4n) is 3.00. The molecule has 1 unspecified atom stereocenters. The highest BCUT2D eigenvalue weighted by Gasteiger charge is 2.32. The van der Waals surface area contributed by atoms with Crippen molar-refractivity contribution in [3.05, 3.63) is 53.3 Å². The highest BCUT2D eigenvalue weighted by atomic mass is 16.1. The van der Waals surface area contributed by atoms with E-state index >= 15 is 0 Å². The van der Waals surface area contributed by atoms with E-state index in [-0.39, 0.29) is 17.2 Å². The fourth-order valence-corrected chi connectivity index (χ4v) is 3.00. The van der Waals surface area contributed by atoms with Crippen LogP contribution in [0, 0.1) is 5.41 Å². The number of rotatable bonds is 1. The minimum atomic E-state index is -0.364. The molecule has 120 valence electrons. The maximum atomic E-state index is 12.7. The number of allylic oxidation sites excluding steroid dienone is 2. The summed E-state index contributed by atoms with van der Waals surface area (Å²) < 4.78 is 0. The number of para-hydroxylation sites is 1. The van der Waals surface area contributed by atoms with E-state index in [1.165, 1.54) is 0 Å². The lowest BCUT2D eigenvalue weighted by atomic mass is 9.81. The molecule has 1 aromatic carbocycles. The SMILES string of the molecule is CC(C)(C)C1=CC(N2CCN=Cc3ccccc32)C(=O)C(N)=C1. The van der Waals surface area contributed by atoms with Crippen LogP contribution in [0.1, 0.15) is 26.3 Å². The molecule has 4 nitrogen and oxygen atoms in total. The summed E-state index contributed by atoms with van der Waals surface area (Å²) in [7, 11) is 0. The maximum absolute atomic E-state index is 12.7. The third-order valence-corrected chi connectivity index (χ3v) is 4.35. The zero-order chi connectivity index (χ0) is 16.6. The van der Waals surface area contributed by atoms with Gasteiger partial charge in [0.25, 0.3) is 0 Å². The number of nitrogens with two attached hydrogens (primary N) is 1. The predicted octanol–water partition coefficient (Wildman–Crippen LogP) is 2.69. The molecule has 0 radical (unpaired) electrons. The molecule has 2 N–H and O–H groups in total. The minimum absolute atomic E-state index is 0.0327. The molecule has 2 aliphatic rings. The van der Waals surface area contributed by atoms with Gasteiger partial charge in [0.1, 0.15) is 6.04 Å². The zero-order valence-electron chi connectivity index (χ0n) is 13.9. The van der Waals surface area contributed by atoms with E-state index in [1.54, 1.807) is 0 Å². The van der Waals surface area contributed by atoms with Gasteiger partial charge in [-0.1, -0.05) is 45.0 Å². The second kappa shape index (κ2) is 5.69. The smallest absolute Gasteiger partial charge is 0.204 e. The van der Waals surface area contributed by atoms with E-state index in [0.717, 1.165) is 16.8 Å². The van der Waals surface area contributed by atoms with Crippen molar-refractivity contribution in [2.75, 3.05) is 18.0 Å². The quantitative estimate of drug-likeness (QED) is 0.867. The Hall–Kier alpha value is -2.36. The molecular formula is C19H23N3O. The summed E-state index contributed by atoms with van der Waals surface area (Å²) in [5, 5.41) is 0. The number of nitrogens with zero attached hydrogens (tertiary/aromatic N) is 2. The van der Waals surface area contributed by atoms with Crippen molar-refractivity contribution in [3.8, 4) is 0 Å². The third-order valence-electron chi connectivity index (χ3n) is 4.35. The van der Waals surface area contributed by atoms with Gasteiger partial charge in [-0.05, 0) is 23.1 Å². The monoisotopic (exact) mass is 309 g/mol. The number of hydrogen-bond acceptors (Lipinski definition) is 4. The Morgan fingerprint density at radius 3 is 2.74 bits per heavy atom. The molecule has 1 atom stereocenters. The highest BCUT2D eigenvalue weighted by molar-refractivity contribution is 6.04. The third kappa shape index (κ3) is 2.93. The lowest BCUT2D eigenvalue weighted by Gasteiger charge is -2.35. The van der Waals surface area contributed by atoms with Crippen LogP contribution in [0.2, 0.25) is 0 Å². The molecular weight excluding hydrogens is 286 g/mol. The van der Waals surface area contributed by atoms with Crippen LogP contribution in [-0.4, -0.2) is 31.1 Å². The lowest BCUT2D eigenvalue weighted by Crippen LogP contribution is -2.45. The Kier molecular flexibility index (Phi) is 3.84. The fraction of sp³-hybridized carbons (Fsp3) is 0.368. The van der Waals surface area contributed by atoms with Gasteiger partial charge in [0.15, 0.2) is 0 Å². The molecule has 3 rings (SSSR count). The number of carbonyl (C=O) groups is 1. The van der Waals surface area contributed by atoms with Gasteiger partial charge in [0.2, 0.25) is 5.78 Å². The second-order valence-corrected chi connectivity index (χ2v) is 7.07. The number of benzene rings is 1. The van der Waals surface area contributed by atoms with Crippen LogP contribution in [0.15, 0.2) is 52.7 Å². The van der Waals surface area contributed by atoms with Gasteiger partial charge in [-0.3, -0.25) is 9.79 Å². The van der Waals surface area contributed by atoms with Crippen LogP contribution in [0.4, 0.5) is 5.69 Å². The Morgan fingerprint density at radius 1 is 1.26 bits per heavy atom. The van der Waals surface area contributed by atoms with E-state index in [9.17, 15) is 4.79 Å². The molecule has 0 bridgehead atoms.